The van der Waals surface area contributed by atoms with E-state index in [0.29, 0.717) is 11.2 Å². The van der Waals surface area contributed by atoms with Crippen molar-refractivity contribution in [2.45, 2.75) is 32.0 Å². The lowest BCUT2D eigenvalue weighted by Crippen LogP contribution is -2.15. The van der Waals surface area contributed by atoms with Crippen molar-refractivity contribution < 1.29 is 4.79 Å². The van der Waals surface area contributed by atoms with E-state index in [4.69, 9.17) is 11.5 Å². The van der Waals surface area contributed by atoms with Gasteiger partial charge < -0.3 is 11.5 Å². The van der Waals surface area contributed by atoms with Crippen molar-refractivity contribution in [3.05, 3.63) is 24.0 Å². The van der Waals surface area contributed by atoms with Crippen LogP contribution in [0.25, 0.3) is 16.1 Å². The smallest absolute Gasteiger partial charge is 0.252 e. The Bertz CT molecular complexity index is 812. The molecule has 0 bridgehead atoms. The molecular weight excluding hydrogens is 344 g/mol. The number of hydrogen-bond acceptors (Lipinski definition) is 7. The second-order valence-electron chi connectivity index (χ2n) is 3.97. The molecule has 4 N–H and O–H groups in total. The predicted molar refractivity (Wildman–Crippen MR) is 102 cm³/mol. The van der Waals surface area contributed by atoms with Crippen molar-refractivity contribution in [3.63, 3.8) is 0 Å². The first-order valence-corrected chi connectivity index (χ1v) is 9.59. The highest BCUT2D eigenvalue weighted by atomic mass is 32.2. The molecule has 0 spiro atoms. The van der Waals surface area contributed by atoms with E-state index in [1.165, 1.54) is 29.3 Å². The number of nitrogen functional groups attached to an aromatic ring is 1. The van der Waals surface area contributed by atoms with Gasteiger partial charge in [0.15, 0.2) is 4.34 Å². The third-order valence-electron chi connectivity index (χ3n) is 2.77. The Balaban J connectivity index is 0.000000671. The van der Waals surface area contributed by atoms with Gasteiger partial charge in [-0.3, -0.25) is 4.79 Å². The zero-order valence-corrected chi connectivity index (χ0v) is 16.0. The topological polar surface area (TPSA) is 112 Å². The third-order valence-corrected chi connectivity index (χ3v) is 4.72. The molecule has 3 rings (SSSR count). The van der Waals surface area contributed by atoms with Gasteiger partial charge in [0.2, 0.25) is 0 Å². The maximum Gasteiger partial charge on any atom is 0.252 e. The summed E-state index contributed by atoms with van der Waals surface area (Å²) in [4.78, 5) is 11.3. The summed E-state index contributed by atoms with van der Waals surface area (Å²) in [6.07, 6.45) is 5.10. The van der Waals surface area contributed by atoms with Crippen molar-refractivity contribution in [2.24, 2.45) is 5.73 Å². The molecule has 0 unspecified atom stereocenters. The molecule has 3 heterocycles. The van der Waals surface area contributed by atoms with Crippen molar-refractivity contribution >= 4 is 40.2 Å². The van der Waals surface area contributed by atoms with E-state index in [-0.39, 0.29) is 5.56 Å². The molecule has 24 heavy (non-hydrogen) atoms. The largest absolute Gasteiger partial charge is 0.396 e. The van der Waals surface area contributed by atoms with Gasteiger partial charge in [0, 0.05) is 11.8 Å². The highest BCUT2D eigenvalue weighted by Crippen LogP contribution is 2.31. The standard InChI is InChI=1S/C11H10N6OS2.2C2H6/c1-19-11-16-15-10(20-11)5-2-7-8(12)6(9(13)18)3-14-17(7)4-5;2*1-2/h2-4H,12H2,1H3,(H2,13,18);2*1-2H3. The number of thioether (sulfide) groups is 1. The second kappa shape index (κ2) is 9.24. The number of aromatic nitrogens is 4. The summed E-state index contributed by atoms with van der Waals surface area (Å²) >= 11 is 3.02. The van der Waals surface area contributed by atoms with Crippen molar-refractivity contribution in [1.29, 1.82) is 0 Å². The van der Waals surface area contributed by atoms with Crippen LogP contribution in [0.3, 0.4) is 0 Å². The number of fused-ring (bicyclic) bond motifs is 1. The maximum atomic E-state index is 11.3. The van der Waals surface area contributed by atoms with Gasteiger partial charge in [0.25, 0.3) is 5.91 Å². The van der Waals surface area contributed by atoms with Crippen LogP contribution in [0.2, 0.25) is 0 Å². The van der Waals surface area contributed by atoms with Gasteiger partial charge in [0.1, 0.15) is 5.01 Å². The van der Waals surface area contributed by atoms with E-state index in [9.17, 15) is 4.79 Å². The van der Waals surface area contributed by atoms with Crippen molar-refractivity contribution in [3.8, 4) is 10.6 Å². The summed E-state index contributed by atoms with van der Waals surface area (Å²) in [6, 6.07) is 1.82. The fraction of sp³-hybridized carbons (Fsp3) is 0.333. The molecule has 3 aromatic rings. The predicted octanol–water partition coefficient (Wildman–Crippen LogP) is 3.31. The Morgan fingerprint density at radius 1 is 1.25 bits per heavy atom. The van der Waals surface area contributed by atoms with Crippen molar-refractivity contribution in [1.82, 2.24) is 19.8 Å². The molecule has 130 valence electrons. The van der Waals surface area contributed by atoms with Crippen LogP contribution in [0, 0.1) is 0 Å². The normalized spacial score (nSPS) is 9.71. The molecule has 0 aromatic carbocycles. The summed E-state index contributed by atoms with van der Waals surface area (Å²) in [5, 5.41) is 13.1. The highest BCUT2D eigenvalue weighted by Gasteiger charge is 2.14. The average Bonchev–Trinajstić information content (AvgIpc) is 3.25. The molecule has 0 atom stereocenters. The number of primary amides is 1. The molecule has 0 saturated carbocycles. The van der Waals surface area contributed by atoms with Crippen LogP contribution in [0.5, 0.6) is 0 Å². The van der Waals surface area contributed by atoms with E-state index in [1.54, 1.807) is 10.7 Å². The zero-order valence-electron chi connectivity index (χ0n) is 14.4. The van der Waals surface area contributed by atoms with Gasteiger partial charge >= 0.3 is 0 Å². The van der Waals surface area contributed by atoms with Gasteiger partial charge in [0.05, 0.1) is 23.0 Å². The van der Waals surface area contributed by atoms with Gasteiger partial charge in [-0.15, -0.1) is 10.2 Å². The Kier molecular flexibility index (Phi) is 7.66. The van der Waals surface area contributed by atoms with Gasteiger partial charge in [-0.1, -0.05) is 50.8 Å². The first-order valence-electron chi connectivity index (χ1n) is 7.54. The summed E-state index contributed by atoms with van der Waals surface area (Å²) in [5.74, 6) is -0.596. The molecule has 3 aromatic heterocycles. The molecule has 0 aliphatic rings. The number of hydrogen-bond donors (Lipinski definition) is 2. The first-order chi connectivity index (χ1) is 11.6. The minimum Gasteiger partial charge on any atom is -0.396 e. The number of carbonyl (C=O) groups excluding carboxylic acids is 1. The second-order valence-corrected chi connectivity index (χ2v) is 6.00. The zero-order chi connectivity index (χ0) is 18.3. The molecular formula is C15H22N6OS2. The monoisotopic (exact) mass is 366 g/mol. The lowest BCUT2D eigenvalue weighted by molar-refractivity contribution is 0.100. The van der Waals surface area contributed by atoms with Gasteiger partial charge in [-0.2, -0.15) is 5.10 Å². The van der Waals surface area contributed by atoms with Crippen LogP contribution >= 0.6 is 23.1 Å². The van der Waals surface area contributed by atoms with E-state index in [1.807, 2.05) is 40.0 Å². The van der Waals surface area contributed by atoms with E-state index < -0.39 is 5.91 Å². The SMILES string of the molecule is CC.CC.CSc1nnc(-c2cc3c(N)c(C(N)=O)cnn3c2)s1. The molecule has 0 aliphatic heterocycles. The Morgan fingerprint density at radius 2 is 1.92 bits per heavy atom. The molecule has 9 heteroatoms. The molecule has 0 radical (unpaired) electrons. The number of carbonyl (C=O) groups is 1. The number of amides is 1. The third kappa shape index (κ3) is 4.04. The highest BCUT2D eigenvalue weighted by molar-refractivity contribution is 8.00. The number of nitrogens with two attached hydrogens (primary N) is 2. The molecule has 0 saturated heterocycles. The summed E-state index contributed by atoms with van der Waals surface area (Å²) < 4.78 is 2.48. The minimum atomic E-state index is -0.596. The summed E-state index contributed by atoms with van der Waals surface area (Å²) in [5.41, 5.74) is 13.2. The molecule has 1 amide bonds. The Labute approximate surface area is 149 Å². The lowest BCUT2D eigenvalue weighted by Gasteiger charge is -2.02. The average molecular weight is 367 g/mol. The van der Waals surface area contributed by atoms with E-state index in [2.05, 4.69) is 15.3 Å². The quantitative estimate of drug-likeness (QED) is 0.688. The van der Waals surface area contributed by atoms with Crippen LogP contribution in [0.1, 0.15) is 38.1 Å². The molecule has 0 fully saturated rings. The fourth-order valence-corrected chi connectivity index (χ4v) is 3.05. The fourth-order valence-electron chi connectivity index (χ4n) is 1.80. The first kappa shape index (κ1) is 19.9. The van der Waals surface area contributed by atoms with Gasteiger partial charge in [-0.05, 0) is 12.3 Å². The van der Waals surface area contributed by atoms with Crippen LogP contribution in [0.4, 0.5) is 5.69 Å². The van der Waals surface area contributed by atoms with Gasteiger partial charge in [-0.25, -0.2) is 4.52 Å². The summed E-state index contributed by atoms with van der Waals surface area (Å²) in [7, 11) is 0. The van der Waals surface area contributed by atoms with Crippen molar-refractivity contribution in [2.75, 3.05) is 12.0 Å². The number of rotatable bonds is 3. The molecule has 0 aliphatic carbocycles. The summed E-state index contributed by atoms with van der Waals surface area (Å²) in [6.45, 7) is 8.00. The van der Waals surface area contributed by atoms with Crippen LogP contribution in [0.15, 0.2) is 22.8 Å². The Hall–Kier alpha value is -2.13. The minimum absolute atomic E-state index is 0.212. The molecule has 7 nitrogen and oxygen atoms in total. The van der Waals surface area contributed by atoms with E-state index in [0.717, 1.165) is 14.9 Å². The number of anilines is 1. The van der Waals surface area contributed by atoms with E-state index >= 15 is 0 Å². The number of nitrogens with zero attached hydrogens (tertiary/aromatic N) is 4. The van der Waals surface area contributed by atoms with Crippen LogP contribution < -0.4 is 11.5 Å². The van der Waals surface area contributed by atoms with Crippen LogP contribution in [-0.4, -0.2) is 32.0 Å². The van der Waals surface area contributed by atoms with Crippen LogP contribution in [-0.2, 0) is 0 Å². The maximum absolute atomic E-state index is 11.3. The lowest BCUT2D eigenvalue weighted by atomic mass is 10.2. The Morgan fingerprint density at radius 3 is 2.46 bits per heavy atom.